The number of nitrogens with one attached hydrogen (secondary N) is 1. The fourth-order valence-corrected chi connectivity index (χ4v) is 2.61. The van der Waals surface area contributed by atoms with Crippen LogP contribution in [0.4, 0.5) is 5.69 Å². The average Bonchev–Trinajstić information content (AvgIpc) is 2.27. The molecule has 0 heterocycles. The summed E-state index contributed by atoms with van der Waals surface area (Å²) in [5, 5.41) is 0. The Morgan fingerprint density at radius 2 is 1.72 bits per heavy atom. The first-order valence-electron chi connectivity index (χ1n) is 4.66. The van der Waals surface area contributed by atoms with E-state index in [1.807, 2.05) is 0 Å². The van der Waals surface area contributed by atoms with Crippen LogP contribution < -0.4 is 11.3 Å². The molecule has 0 saturated carbocycles. The molecule has 0 aliphatic heterocycles. The minimum absolute atomic E-state index is 0.000405. The molecular weight excluding hydrogens is 284 g/mol. The fraction of sp³-hybridized carbons (Fsp3) is 0.250. The highest BCUT2D eigenvalue weighted by atomic mass is 32.3. The maximum atomic E-state index is 11.7. The Bertz CT molecular complexity index is 593. The van der Waals surface area contributed by atoms with E-state index in [4.69, 9.17) is 10.4 Å². The summed E-state index contributed by atoms with van der Waals surface area (Å²) in [7, 11) is -8.31. The van der Waals surface area contributed by atoms with Gasteiger partial charge in [0.15, 0.2) is 9.84 Å². The summed E-state index contributed by atoms with van der Waals surface area (Å²) in [6.45, 7) is -0.655. The van der Waals surface area contributed by atoms with Crippen LogP contribution in [0.1, 0.15) is 0 Å². The SMILES string of the molecule is NNc1ccc(S(=O)(=O)CCOS(=O)(=O)O)cc1. The molecule has 4 N–H and O–H groups in total. The minimum atomic E-state index is -4.63. The third kappa shape index (κ3) is 4.58. The van der Waals surface area contributed by atoms with Crippen molar-refractivity contribution < 1.29 is 25.6 Å². The van der Waals surface area contributed by atoms with Crippen molar-refractivity contribution in [3.8, 4) is 0 Å². The molecule has 0 amide bonds. The number of hydrogen-bond donors (Lipinski definition) is 3. The first-order chi connectivity index (χ1) is 8.24. The van der Waals surface area contributed by atoms with E-state index in [0.717, 1.165) is 0 Å². The third-order valence-corrected chi connectivity index (χ3v) is 4.12. The highest BCUT2D eigenvalue weighted by Crippen LogP contribution is 2.14. The van der Waals surface area contributed by atoms with Gasteiger partial charge in [0.25, 0.3) is 0 Å². The van der Waals surface area contributed by atoms with E-state index in [1.165, 1.54) is 24.3 Å². The van der Waals surface area contributed by atoms with Gasteiger partial charge in [-0.05, 0) is 24.3 Å². The Kier molecular flexibility index (Phi) is 4.65. The lowest BCUT2D eigenvalue weighted by molar-refractivity contribution is 0.284. The molecule has 0 aliphatic carbocycles. The summed E-state index contributed by atoms with van der Waals surface area (Å²) >= 11 is 0. The molecule has 1 aromatic carbocycles. The predicted molar refractivity (Wildman–Crippen MR) is 63.8 cm³/mol. The first-order valence-corrected chi connectivity index (χ1v) is 7.67. The normalized spacial score (nSPS) is 12.3. The number of anilines is 1. The van der Waals surface area contributed by atoms with E-state index >= 15 is 0 Å². The molecule has 10 heteroatoms. The zero-order chi connectivity index (χ0) is 13.8. The molecule has 0 fully saturated rings. The van der Waals surface area contributed by atoms with Crippen molar-refractivity contribution in [1.29, 1.82) is 0 Å². The van der Waals surface area contributed by atoms with Gasteiger partial charge in [-0.25, -0.2) is 12.6 Å². The summed E-state index contributed by atoms with van der Waals surface area (Å²) in [5.41, 5.74) is 2.87. The van der Waals surface area contributed by atoms with Crippen molar-refractivity contribution >= 4 is 25.9 Å². The average molecular weight is 296 g/mol. The molecule has 0 radical (unpaired) electrons. The van der Waals surface area contributed by atoms with Crippen LogP contribution in [0.15, 0.2) is 29.2 Å². The van der Waals surface area contributed by atoms with Crippen LogP contribution in [-0.4, -0.2) is 33.7 Å². The van der Waals surface area contributed by atoms with Crippen LogP contribution in [-0.2, 0) is 24.4 Å². The second-order valence-corrected chi connectivity index (χ2v) is 6.44. The number of benzene rings is 1. The maximum Gasteiger partial charge on any atom is 0.397 e. The number of nitrogen functional groups attached to an aromatic ring is 1. The van der Waals surface area contributed by atoms with E-state index in [-0.39, 0.29) is 4.90 Å². The fourth-order valence-electron chi connectivity index (χ4n) is 1.13. The predicted octanol–water partition coefficient (Wildman–Crippen LogP) is -0.435. The molecule has 8 nitrogen and oxygen atoms in total. The highest BCUT2D eigenvalue weighted by Gasteiger charge is 2.16. The molecule has 0 saturated heterocycles. The minimum Gasteiger partial charge on any atom is -0.324 e. The van der Waals surface area contributed by atoms with E-state index in [0.29, 0.717) is 5.69 Å². The smallest absolute Gasteiger partial charge is 0.324 e. The molecule has 1 aromatic rings. The lowest BCUT2D eigenvalue weighted by Gasteiger charge is -2.05. The van der Waals surface area contributed by atoms with Crippen molar-refractivity contribution in [2.45, 2.75) is 4.90 Å². The number of hydrogen-bond acceptors (Lipinski definition) is 7. The first kappa shape index (κ1) is 14.9. The van der Waals surface area contributed by atoms with Crippen LogP contribution in [0.5, 0.6) is 0 Å². The Morgan fingerprint density at radius 3 is 2.17 bits per heavy atom. The van der Waals surface area contributed by atoms with Gasteiger partial charge in [-0.15, -0.1) is 0 Å². The second kappa shape index (κ2) is 5.63. The van der Waals surface area contributed by atoms with Gasteiger partial charge in [0.2, 0.25) is 0 Å². The van der Waals surface area contributed by atoms with Gasteiger partial charge in [0, 0.05) is 5.69 Å². The van der Waals surface area contributed by atoms with Crippen LogP contribution in [0.2, 0.25) is 0 Å². The van der Waals surface area contributed by atoms with Gasteiger partial charge in [0.05, 0.1) is 17.3 Å². The van der Waals surface area contributed by atoms with Crippen molar-refractivity contribution in [2.75, 3.05) is 17.8 Å². The van der Waals surface area contributed by atoms with Gasteiger partial charge >= 0.3 is 10.4 Å². The number of hydrazine groups is 1. The third-order valence-electron chi connectivity index (χ3n) is 1.96. The van der Waals surface area contributed by atoms with Gasteiger partial charge in [-0.2, -0.15) is 8.42 Å². The van der Waals surface area contributed by atoms with E-state index in [1.54, 1.807) is 0 Å². The van der Waals surface area contributed by atoms with Crippen molar-refractivity contribution in [1.82, 2.24) is 0 Å². The summed E-state index contributed by atoms with van der Waals surface area (Å²) in [6, 6.07) is 5.54. The molecule has 0 atom stereocenters. The van der Waals surface area contributed by atoms with Crippen molar-refractivity contribution in [3.05, 3.63) is 24.3 Å². The Hall–Kier alpha value is -1.20. The second-order valence-electron chi connectivity index (χ2n) is 3.24. The summed E-state index contributed by atoms with van der Waals surface area (Å²) < 4.78 is 56.2. The quantitative estimate of drug-likeness (QED) is 0.365. The molecule has 0 bridgehead atoms. The molecular formula is C8H12N2O6S2. The van der Waals surface area contributed by atoms with Crippen LogP contribution in [0.25, 0.3) is 0 Å². The number of nitrogens with two attached hydrogens (primary N) is 1. The van der Waals surface area contributed by atoms with E-state index in [2.05, 4.69) is 9.61 Å². The van der Waals surface area contributed by atoms with Crippen LogP contribution in [0, 0.1) is 0 Å². The van der Waals surface area contributed by atoms with Gasteiger partial charge in [0.1, 0.15) is 0 Å². The Morgan fingerprint density at radius 1 is 1.17 bits per heavy atom. The zero-order valence-corrected chi connectivity index (χ0v) is 10.7. The molecule has 0 spiro atoms. The Labute approximate surface area is 105 Å². The molecule has 0 aromatic heterocycles. The van der Waals surface area contributed by atoms with Crippen molar-refractivity contribution in [2.24, 2.45) is 5.84 Å². The standard InChI is InChI=1S/C8H12N2O6S2/c9-10-7-1-3-8(4-2-7)17(11,12)6-5-16-18(13,14)15/h1-4,10H,5-6,9H2,(H,13,14,15). The number of rotatable bonds is 6. The Balaban J connectivity index is 2.74. The van der Waals surface area contributed by atoms with Crippen LogP contribution in [0.3, 0.4) is 0 Å². The molecule has 18 heavy (non-hydrogen) atoms. The van der Waals surface area contributed by atoms with Gasteiger partial charge in [-0.3, -0.25) is 10.4 Å². The van der Waals surface area contributed by atoms with Gasteiger partial charge in [-0.1, -0.05) is 0 Å². The number of sulfone groups is 1. The summed E-state index contributed by atoms with van der Waals surface area (Å²) in [6.07, 6.45) is 0. The summed E-state index contributed by atoms with van der Waals surface area (Å²) in [5.74, 6) is 4.56. The van der Waals surface area contributed by atoms with E-state index < -0.39 is 32.6 Å². The molecule has 0 unspecified atom stereocenters. The van der Waals surface area contributed by atoms with Crippen LogP contribution >= 0.6 is 0 Å². The van der Waals surface area contributed by atoms with Gasteiger partial charge < -0.3 is 5.43 Å². The topological polar surface area (TPSA) is 136 Å². The summed E-state index contributed by atoms with van der Waals surface area (Å²) in [4.78, 5) is 0.000405. The zero-order valence-electron chi connectivity index (χ0n) is 9.11. The molecule has 1 rings (SSSR count). The van der Waals surface area contributed by atoms with Crippen molar-refractivity contribution in [3.63, 3.8) is 0 Å². The molecule has 102 valence electrons. The monoisotopic (exact) mass is 296 g/mol. The highest BCUT2D eigenvalue weighted by molar-refractivity contribution is 7.91. The lowest BCUT2D eigenvalue weighted by Crippen LogP contribution is -2.15. The lowest BCUT2D eigenvalue weighted by atomic mass is 10.3. The maximum absolute atomic E-state index is 11.7. The molecule has 0 aliphatic rings. The van der Waals surface area contributed by atoms with E-state index in [9.17, 15) is 16.8 Å². The largest absolute Gasteiger partial charge is 0.397 e.